The molecule has 0 saturated heterocycles. The van der Waals surface area contributed by atoms with Crippen LogP contribution in [-0.2, 0) is 14.3 Å². The highest BCUT2D eigenvalue weighted by Gasteiger charge is 2.59. The molecule has 4 rings (SSSR count). The number of fused-ring (bicyclic) bond motifs is 5. The van der Waals surface area contributed by atoms with Crippen LogP contribution in [0.2, 0.25) is 0 Å². The Balaban J connectivity index is 1.33. The van der Waals surface area contributed by atoms with Gasteiger partial charge in [0.15, 0.2) is 0 Å². The van der Waals surface area contributed by atoms with Crippen LogP contribution in [0, 0.1) is 46.3 Å². The van der Waals surface area contributed by atoms with Crippen LogP contribution in [0.4, 0.5) is 0 Å². The van der Waals surface area contributed by atoms with E-state index in [1.165, 1.54) is 56.9 Å². The Bertz CT molecular complexity index is 1090. The van der Waals surface area contributed by atoms with Crippen molar-refractivity contribution >= 4 is 11.9 Å². The number of hydrogen-bond donors (Lipinski definition) is 3. The number of nitrogens with zero attached hydrogens (tertiary/aromatic N) is 1. The number of rotatable bonds is 21. The molecule has 0 heterocycles. The summed E-state index contributed by atoms with van der Waals surface area (Å²) in [4.78, 5) is 28.5. The maximum atomic E-state index is 13.4. The first-order chi connectivity index (χ1) is 23.9. The van der Waals surface area contributed by atoms with E-state index in [-0.39, 0.29) is 29.9 Å². The summed E-state index contributed by atoms with van der Waals surface area (Å²) in [6, 6.07) is -0.602. The van der Waals surface area contributed by atoms with Gasteiger partial charge in [0.2, 0.25) is 5.91 Å². The van der Waals surface area contributed by atoms with Crippen LogP contribution in [0.15, 0.2) is 11.6 Å². The standard InChI is InChI=1S/C43H78N4O3/c1-31(2)15-14-16-32(3)36-20-21-37-35-19-18-33-29-34(22-24-42(33,4)38(35)23-25-43(36,37)5)50-40(48)30-47(28-13-9-7-6-8-11-26-44)41(49)39(46)17-10-12-27-45/h18,31-32,34-39H,6-17,19-30,44-46H2,1-5H3/t32?,34-,35-,36+,37-,38-,39?,42-,43+/m0/s1. The summed E-state index contributed by atoms with van der Waals surface area (Å²) < 4.78 is 6.18. The maximum Gasteiger partial charge on any atom is 0.325 e. The summed E-state index contributed by atoms with van der Waals surface area (Å²) in [5.41, 5.74) is 19.9. The third-order valence-electron chi connectivity index (χ3n) is 14.4. The summed E-state index contributed by atoms with van der Waals surface area (Å²) in [6.45, 7) is 14.4. The number of ether oxygens (including phenoxy) is 1. The Morgan fingerprint density at radius 1 is 0.840 bits per heavy atom. The molecule has 2 unspecified atom stereocenters. The van der Waals surface area contributed by atoms with Gasteiger partial charge in [0, 0.05) is 13.0 Å². The summed E-state index contributed by atoms with van der Waals surface area (Å²) in [6.07, 6.45) is 24.9. The van der Waals surface area contributed by atoms with Crippen LogP contribution in [-0.4, -0.2) is 55.1 Å². The normalized spacial score (nSPS) is 31.7. The van der Waals surface area contributed by atoms with E-state index in [4.69, 9.17) is 21.9 Å². The minimum atomic E-state index is -0.602. The molecule has 50 heavy (non-hydrogen) atoms. The Morgan fingerprint density at radius 3 is 2.26 bits per heavy atom. The Morgan fingerprint density at radius 2 is 1.54 bits per heavy atom. The zero-order valence-electron chi connectivity index (χ0n) is 33.1. The van der Waals surface area contributed by atoms with E-state index in [1.807, 2.05) is 0 Å². The fourth-order valence-corrected chi connectivity index (χ4v) is 11.4. The molecule has 288 valence electrons. The van der Waals surface area contributed by atoms with Crippen LogP contribution in [0.5, 0.6) is 0 Å². The van der Waals surface area contributed by atoms with E-state index in [9.17, 15) is 9.59 Å². The third kappa shape index (κ3) is 10.4. The lowest BCUT2D eigenvalue weighted by molar-refractivity contribution is -0.156. The SMILES string of the molecule is CC(C)CCCC(C)[C@H]1CC[C@H]2[C@@H]3CC=C4C[C@@H](OC(=O)CN(CCCCCCCCN)C(=O)C(N)CCCCN)CC[C@]4(C)[C@H]3CC[C@]12C. The number of allylic oxidation sites excluding steroid dienone is 1. The molecule has 0 radical (unpaired) electrons. The zero-order chi connectivity index (χ0) is 36.3. The summed E-state index contributed by atoms with van der Waals surface area (Å²) >= 11 is 0. The Kier molecular flexibility index (Phi) is 16.2. The lowest BCUT2D eigenvalue weighted by Crippen LogP contribution is -2.51. The molecule has 0 spiro atoms. The lowest BCUT2D eigenvalue weighted by Gasteiger charge is -2.58. The van der Waals surface area contributed by atoms with Crippen molar-refractivity contribution in [3.05, 3.63) is 11.6 Å². The molecule has 0 aliphatic heterocycles. The largest absolute Gasteiger partial charge is 0.461 e. The lowest BCUT2D eigenvalue weighted by atomic mass is 9.47. The number of hydrogen-bond acceptors (Lipinski definition) is 6. The number of carbonyl (C=O) groups is 2. The first-order valence-corrected chi connectivity index (χ1v) is 21.3. The van der Waals surface area contributed by atoms with Crippen LogP contribution in [0.25, 0.3) is 0 Å². The summed E-state index contributed by atoms with van der Waals surface area (Å²) in [7, 11) is 0. The predicted molar refractivity (Wildman–Crippen MR) is 207 cm³/mol. The first-order valence-electron chi connectivity index (χ1n) is 21.3. The van der Waals surface area contributed by atoms with E-state index in [0.29, 0.717) is 24.9 Å². The molecule has 4 aliphatic rings. The average molecular weight is 699 g/mol. The van der Waals surface area contributed by atoms with Crippen molar-refractivity contribution in [2.75, 3.05) is 26.2 Å². The van der Waals surface area contributed by atoms with Crippen LogP contribution >= 0.6 is 0 Å². The van der Waals surface area contributed by atoms with Gasteiger partial charge in [0.25, 0.3) is 0 Å². The first kappa shape index (κ1) is 41.3. The summed E-state index contributed by atoms with van der Waals surface area (Å²) in [5, 5.41) is 0. The molecule has 0 aromatic carbocycles. The van der Waals surface area contributed by atoms with Crippen molar-refractivity contribution in [3.63, 3.8) is 0 Å². The van der Waals surface area contributed by atoms with E-state index in [2.05, 4.69) is 40.7 Å². The van der Waals surface area contributed by atoms with E-state index >= 15 is 0 Å². The molecule has 9 atom stereocenters. The second-order valence-corrected chi connectivity index (χ2v) is 18.2. The predicted octanol–water partition coefficient (Wildman–Crippen LogP) is 8.52. The topological polar surface area (TPSA) is 125 Å². The molecule has 4 aliphatic carbocycles. The fourth-order valence-electron chi connectivity index (χ4n) is 11.4. The van der Waals surface area contributed by atoms with Gasteiger partial charge in [-0.2, -0.15) is 0 Å². The number of nitrogens with two attached hydrogens (primary N) is 3. The van der Waals surface area contributed by atoms with E-state index in [1.54, 1.807) is 4.90 Å². The van der Waals surface area contributed by atoms with Crippen molar-refractivity contribution in [3.8, 4) is 0 Å². The Labute approximate surface area is 307 Å². The highest BCUT2D eigenvalue weighted by atomic mass is 16.5. The molecule has 0 bridgehead atoms. The smallest absolute Gasteiger partial charge is 0.325 e. The second kappa shape index (κ2) is 19.6. The minimum Gasteiger partial charge on any atom is -0.461 e. The van der Waals surface area contributed by atoms with Gasteiger partial charge in [0.05, 0.1) is 6.04 Å². The van der Waals surface area contributed by atoms with Gasteiger partial charge in [-0.05, 0) is 130 Å². The number of unbranched alkanes of at least 4 members (excludes halogenated alkanes) is 6. The molecule has 3 saturated carbocycles. The number of carbonyl (C=O) groups excluding carboxylic acids is 2. The van der Waals surface area contributed by atoms with Gasteiger partial charge >= 0.3 is 5.97 Å². The highest BCUT2D eigenvalue weighted by Crippen LogP contribution is 2.67. The average Bonchev–Trinajstić information content (AvgIpc) is 3.44. The van der Waals surface area contributed by atoms with E-state index < -0.39 is 6.04 Å². The van der Waals surface area contributed by atoms with Gasteiger partial charge in [-0.25, -0.2) is 0 Å². The molecule has 1 amide bonds. The fraction of sp³-hybridized carbons (Fsp3) is 0.907. The molecule has 0 aromatic rings. The van der Waals surface area contributed by atoms with Crippen molar-refractivity contribution in [2.45, 2.75) is 175 Å². The number of esters is 1. The van der Waals surface area contributed by atoms with Gasteiger partial charge < -0.3 is 26.8 Å². The Hall–Kier alpha value is -1.44. The highest BCUT2D eigenvalue weighted by molar-refractivity contribution is 5.85. The molecule has 7 nitrogen and oxygen atoms in total. The maximum absolute atomic E-state index is 13.4. The van der Waals surface area contributed by atoms with Gasteiger partial charge in [-0.3, -0.25) is 9.59 Å². The molecule has 0 aromatic heterocycles. The quantitative estimate of drug-likeness (QED) is 0.0627. The van der Waals surface area contributed by atoms with Gasteiger partial charge in [-0.15, -0.1) is 0 Å². The van der Waals surface area contributed by atoms with E-state index in [0.717, 1.165) is 113 Å². The zero-order valence-corrected chi connectivity index (χ0v) is 33.1. The third-order valence-corrected chi connectivity index (χ3v) is 14.4. The molecule has 7 heteroatoms. The van der Waals surface area contributed by atoms with Crippen LogP contribution in [0.3, 0.4) is 0 Å². The van der Waals surface area contributed by atoms with Crippen LogP contribution in [0.1, 0.15) is 163 Å². The van der Waals surface area contributed by atoms with Crippen LogP contribution < -0.4 is 17.2 Å². The molecule has 6 N–H and O–H groups in total. The van der Waals surface area contributed by atoms with Gasteiger partial charge in [0.1, 0.15) is 12.6 Å². The second-order valence-electron chi connectivity index (χ2n) is 18.2. The molecular formula is C43H78N4O3. The van der Waals surface area contributed by atoms with Crippen molar-refractivity contribution in [1.29, 1.82) is 0 Å². The monoisotopic (exact) mass is 699 g/mol. The van der Waals surface area contributed by atoms with Crippen molar-refractivity contribution < 1.29 is 14.3 Å². The van der Waals surface area contributed by atoms with Crippen molar-refractivity contribution in [2.24, 2.45) is 63.5 Å². The molecular weight excluding hydrogens is 620 g/mol. The molecule has 3 fully saturated rings. The van der Waals surface area contributed by atoms with Crippen molar-refractivity contribution in [1.82, 2.24) is 4.90 Å². The minimum absolute atomic E-state index is 0.00850. The van der Waals surface area contributed by atoms with Gasteiger partial charge in [-0.1, -0.05) is 97.6 Å². The number of amides is 1. The summed E-state index contributed by atoms with van der Waals surface area (Å²) in [5.74, 6) is 4.49.